The molecule has 1 aromatic rings. The third-order valence-electron chi connectivity index (χ3n) is 2.20. The normalized spacial score (nSPS) is 19.3. The predicted octanol–water partition coefficient (Wildman–Crippen LogP) is 1.20. The van der Waals surface area contributed by atoms with E-state index in [0.717, 1.165) is 11.1 Å². The Balaban J connectivity index is 2.30. The molecular weight excluding hydrogens is 200 g/mol. The van der Waals surface area contributed by atoms with E-state index in [4.69, 9.17) is 5.11 Å². The summed E-state index contributed by atoms with van der Waals surface area (Å²) in [5, 5.41) is 9.06. The van der Waals surface area contributed by atoms with Gasteiger partial charge in [0.1, 0.15) is 5.75 Å². The molecule has 1 aliphatic heterocycles. The van der Waals surface area contributed by atoms with Crippen LogP contribution in [0.25, 0.3) is 5.57 Å². The van der Waals surface area contributed by atoms with Crippen LogP contribution in [0.5, 0.6) is 5.75 Å². The van der Waals surface area contributed by atoms with Crippen LogP contribution >= 0.6 is 0 Å². The highest BCUT2D eigenvalue weighted by atomic mass is 32.2. The van der Waals surface area contributed by atoms with Gasteiger partial charge in [-0.25, -0.2) is 8.42 Å². The summed E-state index contributed by atoms with van der Waals surface area (Å²) in [6.07, 6.45) is 1.72. The monoisotopic (exact) mass is 210 g/mol. The summed E-state index contributed by atoms with van der Waals surface area (Å²) < 4.78 is 22.4. The highest BCUT2D eigenvalue weighted by Crippen LogP contribution is 2.23. The maximum Gasteiger partial charge on any atom is 0.158 e. The van der Waals surface area contributed by atoms with E-state index in [1.807, 2.05) is 0 Å². The number of phenols is 1. The van der Waals surface area contributed by atoms with Crippen LogP contribution in [-0.2, 0) is 9.84 Å². The smallest absolute Gasteiger partial charge is 0.158 e. The quantitative estimate of drug-likeness (QED) is 0.757. The van der Waals surface area contributed by atoms with Gasteiger partial charge in [0.15, 0.2) is 9.84 Å². The highest BCUT2D eigenvalue weighted by Gasteiger charge is 2.20. The lowest BCUT2D eigenvalue weighted by Gasteiger charge is -2.00. The third-order valence-corrected chi connectivity index (χ3v) is 3.62. The molecule has 0 spiro atoms. The molecule has 74 valence electrons. The Labute approximate surface area is 82.6 Å². The highest BCUT2D eigenvalue weighted by molar-refractivity contribution is 7.92. The van der Waals surface area contributed by atoms with Crippen LogP contribution in [0, 0.1) is 0 Å². The van der Waals surface area contributed by atoms with Crippen molar-refractivity contribution in [2.75, 3.05) is 11.5 Å². The van der Waals surface area contributed by atoms with E-state index in [1.54, 1.807) is 30.3 Å². The summed E-state index contributed by atoms with van der Waals surface area (Å²) in [5.74, 6) is 0.427. The van der Waals surface area contributed by atoms with Gasteiger partial charge in [0.2, 0.25) is 0 Å². The van der Waals surface area contributed by atoms with Crippen LogP contribution in [0.2, 0.25) is 0 Å². The first kappa shape index (κ1) is 9.27. The van der Waals surface area contributed by atoms with Gasteiger partial charge < -0.3 is 5.11 Å². The van der Waals surface area contributed by atoms with Crippen molar-refractivity contribution in [3.05, 3.63) is 35.9 Å². The molecule has 3 nitrogen and oxygen atoms in total. The third kappa shape index (κ3) is 1.80. The van der Waals surface area contributed by atoms with Gasteiger partial charge in [-0.3, -0.25) is 0 Å². The molecule has 1 heterocycles. The molecule has 0 atom stereocenters. The molecule has 0 bridgehead atoms. The topological polar surface area (TPSA) is 54.4 Å². The summed E-state index contributed by atoms with van der Waals surface area (Å²) in [6, 6.07) is 6.56. The lowest BCUT2D eigenvalue weighted by molar-refractivity contribution is 0.475. The van der Waals surface area contributed by atoms with Crippen molar-refractivity contribution in [1.29, 1.82) is 0 Å². The molecule has 0 saturated carbocycles. The second-order valence-corrected chi connectivity index (χ2v) is 5.44. The number of sulfone groups is 1. The van der Waals surface area contributed by atoms with Gasteiger partial charge in [-0.05, 0) is 23.3 Å². The number of hydrogen-bond donors (Lipinski definition) is 1. The first-order chi connectivity index (χ1) is 6.57. The second kappa shape index (κ2) is 3.13. The first-order valence-corrected chi connectivity index (χ1v) is 6.08. The van der Waals surface area contributed by atoms with E-state index in [0.29, 0.717) is 0 Å². The molecular formula is C10H10O3S. The van der Waals surface area contributed by atoms with Gasteiger partial charge >= 0.3 is 0 Å². The minimum atomic E-state index is -2.91. The summed E-state index contributed by atoms with van der Waals surface area (Å²) in [4.78, 5) is 0. The van der Waals surface area contributed by atoms with Gasteiger partial charge in [0.05, 0.1) is 11.5 Å². The minimum absolute atomic E-state index is 0.109. The standard InChI is InChI=1S/C10H10O3S/c11-10-3-1-8(2-4-10)9-5-6-14(12,13)7-9/h1-5,11H,6-7H2. The zero-order valence-electron chi connectivity index (χ0n) is 7.47. The van der Waals surface area contributed by atoms with E-state index >= 15 is 0 Å². The first-order valence-electron chi connectivity index (χ1n) is 4.26. The zero-order chi connectivity index (χ0) is 10.2. The summed E-state index contributed by atoms with van der Waals surface area (Å²) >= 11 is 0. The maximum atomic E-state index is 11.2. The lowest BCUT2D eigenvalue weighted by Crippen LogP contribution is -2.02. The largest absolute Gasteiger partial charge is 0.508 e. The van der Waals surface area contributed by atoms with E-state index in [9.17, 15) is 8.42 Å². The van der Waals surface area contributed by atoms with Gasteiger partial charge in [-0.15, -0.1) is 0 Å². The summed E-state index contributed by atoms with van der Waals surface area (Å²) in [6.45, 7) is 0. The Morgan fingerprint density at radius 2 is 1.79 bits per heavy atom. The average Bonchev–Trinajstić information content (AvgIpc) is 2.47. The van der Waals surface area contributed by atoms with Gasteiger partial charge in [-0.2, -0.15) is 0 Å². The van der Waals surface area contributed by atoms with Crippen LogP contribution in [0.1, 0.15) is 5.56 Å². The second-order valence-electron chi connectivity index (χ2n) is 3.33. The fourth-order valence-electron chi connectivity index (χ4n) is 1.46. The fourth-order valence-corrected chi connectivity index (χ4v) is 2.79. The molecule has 0 fully saturated rings. The molecule has 0 aliphatic carbocycles. The Morgan fingerprint density at radius 3 is 2.29 bits per heavy atom. The van der Waals surface area contributed by atoms with E-state index in [1.165, 1.54) is 0 Å². The average molecular weight is 210 g/mol. The van der Waals surface area contributed by atoms with Crippen molar-refractivity contribution in [2.45, 2.75) is 0 Å². The molecule has 0 saturated heterocycles. The predicted molar refractivity (Wildman–Crippen MR) is 54.7 cm³/mol. The van der Waals surface area contributed by atoms with Crippen LogP contribution < -0.4 is 0 Å². The van der Waals surface area contributed by atoms with Crippen LogP contribution in [-0.4, -0.2) is 25.0 Å². The lowest BCUT2D eigenvalue weighted by atomic mass is 10.1. The number of benzene rings is 1. The molecule has 0 radical (unpaired) electrons. The summed E-state index contributed by atoms with van der Waals surface area (Å²) in [7, 11) is -2.91. The molecule has 1 aromatic carbocycles. The van der Waals surface area contributed by atoms with Gasteiger partial charge in [-0.1, -0.05) is 18.2 Å². The van der Waals surface area contributed by atoms with Gasteiger partial charge in [0, 0.05) is 0 Å². The number of aromatic hydroxyl groups is 1. The minimum Gasteiger partial charge on any atom is -0.508 e. The molecule has 1 N–H and O–H groups in total. The maximum absolute atomic E-state index is 11.2. The molecule has 14 heavy (non-hydrogen) atoms. The van der Waals surface area contributed by atoms with Crippen molar-refractivity contribution in [3.63, 3.8) is 0 Å². The molecule has 1 aliphatic rings. The molecule has 2 rings (SSSR count). The van der Waals surface area contributed by atoms with Crippen molar-refractivity contribution < 1.29 is 13.5 Å². The van der Waals surface area contributed by atoms with Crippen molar-refractivity contribution in [3.8, 4) is 5.75 Å². The SMILES string of the molecule is O=S1(=O)CC=C(c2ccc(O)cc2)C1. The zero-order valence-corrected chi connectivity index (χ0v) is 8.29. The van der Waals surface area contributed by atoms with E-state index in [-0.39, 0.29) is 17.3 Å². The number of phenolic OH excluding ortho intramolecular Hbond substituents is 1. The Kier molecular flexibility index (Phi) is 2.07. The fraction of sp³-hybridized carbons (Fsp3) is 0.200. The van der Waals surface area contributed by atoms with Crippen LogP contribution in [0.3, 0.4) is 0 Å². The Hall–Kier alpha value is -1.29. The van der Waals surface area contributed by atoms with Crippen LogP contribution in [0.4, 0.5) is 0 Å². The van der Waals surface area contributed by atoms with Crippen molar-refractivity contribution in [1.82, 2.24) is 0 Å². The molecule has 0 amide bonds. The van der Waals surface area contributed by atoms with Crippen molar-refractivity contribution >= 4 is 15.4 Å². The van der Waals surface area contributed by atoms with Crippen molar-refractivity contribution in [2.24, 2.45) is 0 Å². The van der Waals surface area contributed by atoms with E-state index in [2.05, 4.69) is 0 Å². The molecule has 4 heteroatoms. The Morgan fingerprint density at radius 1 is 1.14 bits per heavy atom. The van der Waals surface area contributed by atoms with Gasteiger partial charge in [0.25, 0.3) is 0 Å². The number of hydrogen-bond acceptors (Lipinski definition) is 3. The number of rotatable bonds is 1. The Bertz CT molecular complexity index is 469. The summed E-state index contributed by atoms with van der Waals surface area (Å²) in [5.41, 5.74) is 1.69. The van der Waals surface area contributed by atoms with Crippen LogP contribution in [0.15, 0.2) is 30.3 Å². The molecule has 0 unspecified atom stereocenters. The van der Waals surface area contributed by atoms with E-state index < -0.39 is 9.84 Å². The molecule has 0 aromatic heterocycles.